The summed E-state index contributed by atoms with van der Waals surface area (Å²) >= 11 is 0. The molecule has 0 saturated carbocycles. The molecule has 16 heavy (non-hydrogen) atoms. The molecule has 2 aromatic heterocycles. The molecule has 2 heterocycles. The summed E-state index contributed by atoms with van der Waals surface area (Å²) in [6.07, 6.45) is 5.77. The highest BCUT2D eigenvalue weighted by atomic mass is 15.1. The highest BCUT2D eigenvalue weighted by Crippen LogP contribution is 2.14. The molecule has 0 fully saturated rings. The number of pyridine rings is 1. The standard InChI is InChI=1S/C12H16N4/c1-3-4-11-14-7-8-16(11)12-6-5-10(13)9(2)15-12/h5-8H,3-4,13H2,1-2H3. The first-order chi connectivity index (χ1) is 7.72. The number of nitrogen functional groups attached to an aromatic ring is 1. The molecule has 0 aliphatic heterocycles. The van der Waals surface area contributed by atoms with E-state index in [2.05, 4.69) is 16.9 Å². The van der Waals surface area contributed by atoms with E-state index < -0.39 is 0 Å². The Labute approximate surface area is 95.1 Å². The number of nitrogens with two attached hydrogens (primary N) is 1. The molecule has 0 aliphatic carbocycles. The van der Waals surface area contributed by atoms with Gasteiger partial charge in [0.2, 0.25) is 0 Å². The van der Waals surface area contributed by atoms with Crippen LogP contribution in [0.15, 0.2) is 24.5 Å². The molecule has 0 spiro atoms. The van der Waals surface area contributed by atoms with Crippen LogP contribution in [0.25, 0.3) is 5.82 Å². The van der Waals surface area contributed by atoms with Crippen LogP contribution in [0.5, 0.6) is 0 Å². The number of aromatic nitrogens is 3. The van der Waals surface area contributed by atoms with Crippen molar-refractivity contribution in [1.82, 2.24) is 14.5 Å². The van der Waals surface area contributed by atoms with E-state index in [1.165, 1.54) is 0 Å². The number of anilines is 1. The smallest absolute Gasteiger partial charge is 0.138 e. The fraction of sp³-hybridized carbons (Fsp3) is 0.333. The van der Waals surface area contributed by atoms with Gasteiger partial charge in [-0.1, -0.05) is 6.92 Å². The lowest BCUT2D eigenvalue weighted by Crippen LogP contribution is -2.04. The maximum absolute atomic E-state index is 5.75. The Morgan fingerprint density at radius 3 is 2.88 bits per heavy atom. The molecule has 0 atom stereocenters. The maximum atomic E-state index is 5.75. The molecule has 0 unspecified atom stereocenters. The Morgan fingerprint density at radius 2 is 2.19 bits per heavy atom. The van der Waals surface area contributed by atoms with Crippen molar-refractivity contribution in [2.24, 2.45) is 0 Å². The number of nitrogens with zero attached hydrogens (tertiary/aromatic N) is 3. The van der Waals surface area contributed by atoms with Crippen LogP contribution in [0.4, 0.5) is 5.69 Å². The summed E-state index contributed by atoms with van der Waals surface area (Å²) in [7, 11) is 0. The Kier molecular flexibility index (Phi) is 2.90. The predicted octanol–water partition coefficient (Wildman–Crippen LogP) is 2.11. The molecule has 0 bridgehead atoms. The molecular weight excluding hydrogens is 200 g/mol. The van der Waals surface area contributed by atoms with Gasteiger partial charge in [-0.2, -0.15) is 0 Å². The van der Waals surface area contributed by atoms with E-state index in [0.29, 0.717) is 0 Å². The van der Waals surface area contributed by atoms with Gasteiger partial charge in [-0.3, -0.25) is 4.57 Å². The maximum Gasteiger partial charge on any atom is 0.138 e. The van der Waals surface area contributed by atoms with Crippen LogP contribution in [0.2, 0.25) is 0 Å². The molecule has 4 heteroatoms. The van der Waals surface area contributed by atoms with Crippen molar-refractivity contribution in [1.29, 1.82) is 0 Å². The number of rotatable bonds is 3. The molecule has 0 aromatic carbocycles. The molecule has 2 N–H and O–H groups in total. The van der Waals surface area contributed by atoms with Crippen molar-refractivity contribution in [3.05, 3.63) is 36.0 Å². The molecule has 0 aliphatic rings. The van der Waals surface area contributed by atoms with Gasteiger partial charge in [0.1, 0.15) is 11.6 Å². The number of imidazole rings is 1. The van der Waals surface area contributed by atoms with E-state index in [4.69, 9.17) is 5.73 Å². The molecule has 2 aromatic rings. The number of aryl methyl sites for hydroxylation is 2. The van der Waals surface area contributed by atoms with Crippen LogP contribution < -0.4 is 5.73 Å². The molecule has 4 nitrogen and oxygen atoms in total. The Hall–Kier alpha value is -1.84. The first-order valence-corrected chi connectivity index (χ1v) is 5.48. The average Bonchev–Trinajstić information content (AvgIpc) is 2.71. The molecule has 0 saturated heterocycles. The average molecular weight is 216 g/mol. The monoisotopic (exact) mass is 216 g/mol. The van der Waals surface area contributed by atoms with Crippen LogP contribution in [0.3, 0.4) is 0 Å². The van der Waals surface area contributed by atoms with Crippen molar-refractivity contribution >= 4 is 5.69 Å². The summed E-state index contributed by atoms with van der Waals surface area (Å²) in [5.41, 5.74) is 7.33. The van der Waals surface area contributed by atoms with Crippen molar-refractivity contribution in [2.45, 2.75) is 26.7 Å². The van der Waals surface area contributed by atoms with Crippen molar-refractivity contribution in [3.63, 3.8) is 0 Å². The largest absolute Gasteiger partial charge is 0.397 e. The second kappa shape index (κ2) is 4.35. The fourth-order valence-electron chi connectivity index (χ4n) is 1.64. The Morgan fingerprint density at radius 1 is 1.38 bits per heavy atom. The Bertz CT molecular complexity index is 488. The third-order valence-electron chi connectivity index (χ3n) is 2.55. The fourth-order valence-corrected chi connectivity index (χ4v) is 1.64. The van der Waals surface area contributed by atoms with Crippen LogP contribution in [-0.4, -0.2) is 14.5 Å². The summed E-state index contributed by atoms with van der Waals surface area (Å²) in [6.45, 7) is 4.05. The van der Waals surface area contributed by atoms with Crippen LogP contribution in [-0.2, 0) is 6.42 Å². The van der Waals surface area contributed by atoms with Gasteiger partial charge in [0, 0.05) is 18.8 Å². The Balaban J connectivity index is 2.42. The first-order valence-electron chi connectivity index (χ1n) is 5.48. The van der Waals surface area contributed by atoms with Gasteiger partial charge in [0.05, 0.1) is 11.4 Å². The molecule has 2 rings (SSSR count). The third kappa shape index (κ3) is 1.91. The first kappa shape index (κ1) is 10.7. The normalized spacial score (nSPS) is 10.6. The van der Waals surface area contributed by atoms with E-state index in [1.54, 1.807) is 6.20 Å². The van der Waals surface area contributed by atoms with Gasteiger partial charge in [-0.15, -0.1) is 0 Å². The van der Waals surface area contributed by atoms with Gasteiger partial charge < -0.3 is 5.73 Å². The lowest BCUT2D eigenvalue weighted by molar-refractivity contribution is 0.796. The summed E-state index contributed by atoms with van der Waals surface area (Å²) in [6, 6.07) is 3.80. The lowest BCUT2D eigenvalue weighted by atomic mass is 10.3. The predicted molar refractivity (Wildman–Crippen MR) is 64.5 cm³/mol. The van der Waals surface area contributed by atoms with E-state index in [1.807, 2.05) is 29.8 Å². The van der Waals surface area contributed by atoms with Gasteiger partial charge in [-0.05, 0) is 25.5 Å². The molecular formula is C12H16N4. The van der Waals surface area contributed by atoms with Crippen molar-refractivity contribution in [3.8, 4) is 5.82 Å². The van der Waals surface area contributed by atoms with Gasteiger partial charge in [-0.25, -0.2) is 9.97 Å². The quantitative estimate of drug-likeness (QED) is 0.854. The zero-order valence-electron chi connectivity index (χ0n) is 9.64. The lowest BCUT2D eigenvalue weighted by Gasteiger charge is -2.08. The van der Waals surface area contributed by atoms with Gasteiger partial charge in [0.15, 0.2) is 0 Å². The van der Waals surface area contributed by atoms with Gasteiger partial charge in [0.25, 0.3) is 0 Å². The van der Waals surface area contributed by atoms with E-state index >= 15 is 0 Å². The van der Waals surface area contributed by atoms with E-state index in [9.17, 15) is 0 Å². The highest BCUT2D eigenvalue weighted by molar-refractivity contribution is 5.45. The van der Waals surface area contributed by atoms with Crippen molar-refractivity contribution < 1.29 is 0 Å². The number of hydrogen-bond donors (Lipinski definition) is 1. The zero-order chi connectivity index (χ0) is 11.5. The zero-order valence-corrected chi connectivity index (χ0v) is 9.64. The second-order valence-corrected chi connectivity index (χ2v) is 3.81. The van der Waals surface area contributed by atoms with Crippen LogP contribution >= 0.6 is 0 Å². The molecule has 0 amide bonds. The van der Waals surface area contributed by atoms with Gasteiger partial charge >= 0.3 is 0 Å². The minimum absolute atomic E-state index is 0.723. The van der Waals surface area contributed by atoms with Crippen LogP contribution in [0, 0.1) is 6.92 Å². The summed E-state index contributed by atoms with van der Waals surface area (Å²) in [5.74, 6) is 1.92. The second-order valence-electron chi connectivity index (χ2n) is 3.81. The minimum Gasteiger partial charge on any atom is -0.397 e. The van der Waals surface area contributed by atoms with E-state index in [-0.39, 0.29) is 0 Å². The topological polar surface area (TPSA) is 56.7 Å². The van der Waals surface area contributed by atoms with E-state index in [0.717, 1.165) is 35.9 Å². The van der Waals surface area contributed by atoms with Crippen molar-refractivity contribution in [2.75, 3.05) is 5.73 Å². The molecule has 84 valence electrons. The summed E-state index contributed by atoms with van der Waals surface area (Å²) < 4.78 is 2.01. The number of hydrogen-bond acceptors (Lipinski definition) is 3. The SMILES string of the molecule is CCCc1nccn1-c1ccc(N)c(C)n1. The summed E-state index contributed by atoms with van der Waals surface area (Å²) in [4.78, 5) is 8.78. The molecule has 0 radical (unpaired) electrons. The third-order valence-corrected chi connectivity index (χ3v) is 2.55. The minimum atomic E-state index is 0.723. The highest BCUT2D eigenvalue weighted by Gasteiger charge is 2.06. The summed E-state index contributed by atoms with van der Waals surface area (Å²) in [5, 5.41) is 0. The van der Waals surface area contributed by atoms with Crippen LogP contribution in [0.1, 0.15) is 24.9 Å².